The van der Waals surface area contributed by atoms with E-state index >= 15 is 0 Å². The summed E-state index contributed by atoms with van der Waals surface area (Å²) in [5.41, 5.74) is 11.0. The molecular formula is C22H31IN4. The van der Waals surface area contributed by atoms with Crippen molar-refractivity contribution in [3.63, 3.8) is 0 Å². The highest BCUT2D eigenvalue weighted by Crippen LogP contribution is 2.17. The molecule has 3 N–H and O–H groups in total. The molecule has 1 aliphatic heterocycles. The number of aliphatic imine (C=N–C) groups is 1. The van der Waals surface area contributed by atoms with Gasteiger partial charge in [0.15, 0.2) is 5.96 Å². The van der Waals surface area contributed by atoms with Gasteiger partial charge in [-0.1, -0.05) is 49.7 Å². The molecule has 0 radical (unpaired) electrons. The molecule has 1 heterocycles. The number of aryl methyl sites for hydroxylation is 1. The smallest absolute Gasteiger partial charge is 0.193 e. The van der Waals surface area contributed by atoms with Crippen LogP contribution in [-0.2, 0) is 19.5 Å². The molecule has 0 spiro atoms. The van der Waals surface area contributed by atoms with Gasteiger partial charge in [-0.05, 0) is 61.2 Å². The molecule has 5 heteroatoms. The largest absolute Gasteiger partial charge is 0.370 e. The quantitative estimate of drug-likeness (QED) is 0.357. The minimum absolute atomic E-state index is 0. The Morgan fingerprint density at radius 1 is 1.04 bits per heavy atom. The van der Waals surface area contributed by atoms with E-state index in [9.17, 15) is 0 Å². The minimum atomic E-state index is 0. The van der Waals surface area contributed by atoms with Crippen LogP contribution in [0.25, 0.3) is 0 Å². The summed E-state index contributed by atoms with van der Waals surface area (Å²) in [5, 5.41) is 3.21. The van der Waals surface area contributed by atoms with Crippen molar-refractivity contribution in [3.05, 3.63) is 65.2 Å². The monoisotopic (exact) mass is 478 g/mol. The number of halogens is 1. The molecule has 3 rings (SSSR count). The molecule has 0 saturated carbocycles. The molecule has 2 aromatic carbocycles. The molecule has 0 unspecified atom stereocenters. The third kappa shape index (κ3) is 6.81. The van der Waals surface area contributed by atoms with Gasteiger partial charge in [0.2, 0.25) is 0 Å². The Morgan fingerprint density at radius 3 is 2.52 bits per heavy atom. The van der Waals surface area contributed by atoms with Crippen molar-refractivity contribution in [2.24, 2.45) is 10.7 Å². The van der Waals surface area contributed by atoms with Crippen LogP contribution >= 0.6 is 24.0 Å². The summed E-state index contributed by atoms with van der Waals surface area (Å²) >= 11 is 0. The SMILES string of the molecule is CCc1cccc(NC(N)=NCc2ccccc2CN2CCCCC2)c1.I. The van der Waals surface area contributed by atoms with Crippen molar-refractivity contribution in [3.8, 4) is 0 Å². The number of guanidine groups is 1. The molecule has 4 nitrogen and oxygen atoms in total. The van der Waals surface area contributed by atoms with Crippen molar-refractivity contribution in [1.82, 2.24) is 4.90 Å². The van der Waals surface area contributed by atoms with Gasteiger partial charge in [0.25, 0.3) is 0 Å². The van der Waals surface area contributed by atoms with Crippen LogP contribution < -0.4 is 11.1 Å². The first kappa shape index (κ1) is 21.7. The van der Waals surface area contributed by atoms with E-state index in [0.29, 0.717) is 12.5 Å². The molecular weight excluding hydrogens is 447 g/mol. The number of hydrogen-bond donors (Lipinski definition) is 2. The minimum Gasteiger partial charge on any atom is -0.370 e. The molecule has 1 saturated heterocycles. The van der Waals surface area contributed by atoms with E-state index in [4.69, 9.17) is 5.73 Å². The fourth-order valence-electron chi connectivity index (χ4n) is 3.45. The average molecular weight is 478 g/mol. The molecule has 1 fully saturated rings. The van der Waals surface area contributed by atoms with E-state index in [1.54, 1.807) is 0 Å². The van der Waals surface area contributed by atoms with Gasteiger partial charge in [0.05, 0.1) is 6.54 Å². The highest BCUT2D eigenvalue weighted by Gasteiger charge is 2.12. The lowest BCUT2D eigenvalue weighted by Crippen LogP contribution is -2.29. The lowest BCUT2D eigenvalue weighted by Gasteiger charge is -2.27. The predicted octanol–water partition coefficient (Wildman–Crippen LogP) is 4.78. The third-order valence-corrected chi connectivity index (χ3v) is 4.99. The van der Waals surface area contributed by atoms with Gasteiger partial charge >= 0.3 is 0 Å². The van der Waals surface area contributed by atoms with Gasteiger partial charge in [-0.25, -0.2) is 4.99 Å². The molecule has 0 amide bonds. The van der Waals surface area contributed by atoms with Crippen molar-refractivity contribution in [2.75, 3.05) is 18.4 Å². The number of benzene rings is 2. The number of hydrogen-bond acceptors (Lipinski definition) is 2. The number of nitrogens with two attached hydrogens (primary N) is 1. The Labute approximate surface area is 180 Å². The first-order valence-electron chi connectivity index (χ1n) is 9.69. The van der Waals surface area contributed by atoms with Crippen LogP contribution in [0.2, 0.25) is 0 Å². The maximum Gasteiger partial charge on any atom is 0.193 e. The van der Waals surface area contributed by atoms with Crippen LogP contribution in [0.4, 0.5) is 5.69 Å². The summed E-state index contributed by atoms with van der Waals surface area (Å²) in [6, 6.07) is 16.9. The third-order valence-electron chi connectivity index (χ3n) is 4.99. The highest BCUT2D eigenvalue weighted by atomic mass is 127. The lowest BCUT2D eigenvalue weighted by molar-refractivity contribution is 0.220. The molecule has 0 aromatic heterocycles. The Morgan fingerprint density at radius 2 is 1.78 bits per heavy atom. The zero-order valence-corrected chi connectivity index (χ0v) is 18.5. The summed E-state index contributed by atoms with van der Waals surface area (Å²) in [6.07, 6.45) is 5.00. The fourth-order valence-corrected chi connectivity index (χ4v) is 3.45. The van der Waals surface area contributed by atoms with Gasteiger partial charge in [0.1, 0.15) is 0 Å². The summed E-state index contributed by atoms with van der Waals surface area (Å²) in [4.78, 5) is 7.11. The maximum absolute atomic E-state index is 6.11. The van der Waals surface area contributed by atoms with Crippen LogP contribution in [0.5, 0.6) is 0 Å². The second-order valence-corrected chi connectivity index (χ2v) is 6.99. The lowest BCUT2D eigenvalue weighted by atomic mass is 10.1. The Kier molecular flexibility index (Phi) is 9.07. The standard InChI is InChI=1S/C22H30N4.HI/c1-2-18-9-8-12-21(15-18)25-22(23)24-16-19-10-4-5-11-20(19)17-26-13-6-3-7-14-26;/h4-5,8-12,15H,2-3,6-7,13-14,16-17H2,1H3,(H3,23,24,25);1H. The van der Waals surface area contributed by atoms with E-state index < -0.39 is 0 Å². The van der Waals surface area contributed by atoms with Crippen LogP contribution in [0.1, 0.15) is 42.9 Å². The van der Waals surface area contributed by atoms with Crippen molar-refractivity contribution >= 4 is 35.6 Å². The predicted molar refractivity (Wildman–Crippen MR) is 126 cm³/mol. The summed E-state index contributed by atoms with van der Waals surface area (Å²) in [7, 11) is 0. The molecule has 146 valence electrons. The molecule has 0 aliphatic carbocycles. The van der Waals surface area contributed by atoms with Crippen molar-refractivity contribution in [2.45, 2.75) is 45.7 Å². The van der Waals surface area contributed by atoms with E-state index in [1.165, 1.54) is 49.0 Å². The zero-order chi connectivity index (χ0) is 18.2. The normalized spacial score (nSPS) is 15.2. The second-order valence-electron chi connectivity index (χ2n) is 6.99. The van der Waals surface area contributed by atoms with Crippen LogP contribution in [0, 0.1) is 0 Å². The first-order chi connectivity index (χ1) is 12.7. The molecule has 0 bridgehead atoms. The van der Waals surface area contributed by atoms with E-state index in [0.717, 1.165) is 18.7 Å². The topological polar surface area (TPSA) is 53.6 Å². The molecule has 27 heavy (non-hydrogen) atoms. The second kappa shape index (κ2) is 11.3. The Bertz CT molecular complexity index is 739. The summed E-state index contributed by atoms with van der Waals surface area (Å²) in [5.74, 6) is 0.464. The Hall–Kier alpha value is -1.60. The number of nitrogens with zero attached hydrogens (tertiary/aromatic N) is 2. The number of rotatable bonds is 6. The fraction of sp³-hybridized carbons (Fsp3) is 0.409. The maximum atomic E-state index is 6.11. The van der Waals surface area contributed by atoms with Gasteiger partial charge in [0, 0.05) is 12.2 Å². The molecule has 1 aliphatic rings. The van der Waals surface area contributed by atoms with Crippen LogP contribution in [0.15, 0.2) is 53.5 Å². The van der Waals surface area contributed by atoms with Crippen molar-refractivity contribution in [1.29, 1.82) is 0 Å². The van der Waals surface area contributed by atoms with Gasteiger partial charge < -0.3 is 11.1 Å². The molecule has 2 aromatic rings. The number of nitrogens with one attached hydrogen (secondary N) is 1. The zero-order valence-electron chi connectivity index (χ0n) is 16.2. The van der Waals surface area contributed by atoms with E-state index in [-0.39, 0.29) is 24.0 Å². The average Bonchev–Trinajstić information content (AvgIpc) is 2.68. The number of piperidine rings is 1. The van der Waals surface area contributed by atoms with Gasteiger partial charge in [-0.2, -0.15) is 0 Å². The number of likely N-dealkylation sites (tertiary alicyclic amines) is 1. The van der Waals surface area contributed by atoms with Gasteiger partial charge in [-0.3, -0.25) is 4.90 Å². The highest BCUT2D eigenvalue weighted by molar-refractivity contribution is 14.0. The van der Waals surface area contributed by atoms with Gasteiger partial charge in [-0.15, -0.1) is 24.0 Å². The number of anilines is 1. The molecule has 0 atom stereocenters. The summed E-state index contributed by atoms with van der Waals surface area (Å²) in [6.45, 7) is 6.17. The first-order valence-corrected chi connectivity index (χ1v) is 9.69. The van der Waals surface area contributed by atoms with Crippen LogP contribution in [-0.4, -0.2) is 23.9 Å². The van der Waals surface area contributed by atoms with E-state index in [2.05, 4.69) is 58.5 Å². The summed E-state index contributed by atoms with van der Waals surface area (Å²) < 4.78 is 0. The Balaban J connectivity index is 0.00000261. The van der Waals surface area contributed by atoms with E-state index in [1.807, 2.05) is 12.1 Å². The van der Waals surface area contributed by atoms with Crippen molar-refractivity contribution < 1.29 is 0 Å². The van der Waals surface area contributed by atoms with Crippen LogP contribution in [0.3, 0.4) is 0 Å².